The number of rotatable bonds is 3. The molecule has 1 fully saturated rings. The van der Waals surface area contributed by atoms with E-state index in [0.29, 0.717) is 22.9 Å². The summed E-state index contributed by atoms with van der Waals surface area (Å²) in [5.74, 6) is 1.03. The molecule has 0 radical (unpaired) electrons. The molecule has 1 saturated heterocycles. The Labute approximate surface area is 155 Å². The van der Waals surface area contributed by atoms with E-state index in [1.165, 1.54) is 0 Å². The highest BCUT2D eigenvalue weighted by Gasteiger charge is 2.29. The van der Waals surface area contributed by atoms with E-state index in [1.54, 1.807) is 30.7 Å². The van der Waals surface area contributed by atoms with Crippen LogP contribution in [0.1, 0.15) is 45.6 Å². The highest BCUT2D eigenvalue weighted by Crippen LogP contribution is 2.33. The maximum atomic E-state index is 12.7. The van der Waals surface area contributed by atoms with Crippen LogP contribution in [0.4, 0.5) is 0 Å². The molecule has 6 nitrogen and oxygen atoms in total. The number of piperidine rings is 1. The number of hydrogen-bond acceptors (Lipinski definition) is 6. The number of pyridine rings is 1. The van der Waals surface area contributed by atoms with Crippen molar-refractivity contribution in [2.24, 2.45) is 0 Å². The second-order valence-electron chi connectivity index (χ2n) is 6.57. The number of thiazole rings is 1. The topological polar surface area (TPSA) is 72.1 Å². The Morgan fingerprint density at radius 3 is 2.62 bits per heavy atom. The van der Waals surface area contributed by atoms with E-state index in [4.69, 9.17) is 9.51 Å². The fourth-order valence-electron chi connectivity index (χ4n) is 3.41. The second-order valence-corrected chi connectivity index (χ2v) is 7.46. The van der Waals surface area contributed by atoms with Crippen molar-refractivity contribution in [3.8, 4) is 11.3 Å². The zero-order chi connectivity index (χ0) is 18.1. The van der Waals surface area contributed by atoms with Gasteiger partial charge in [-0.05, 0) is 38.8 Å². The summed E-state index contributed by atoms with van der Waals surface area (Å²) in [6, 6.07) is 3.95. The van der Waals surface area contributed by atoms with E-state index >= 15 is 0 Å². The van der Waals surface area contributed by atoms with Crippen LogP contribution >= 0.6 is 11.3 Å². The smallest absolute Gasteiger partial charge is 0.259 e. The van der Waals surface area contributed by atoms with E-state index in [-0.39, 0.29) is 5.91 Å². The minimum absolute atomic E-state index is 0.0244. The Morgan fingerprint density at radius 2 is 1.96 bits per heavy atom. The molecule has 0 spiro atoms. The maximum absolute atomic E-state index is 12.7. The summed E-state index contributed by atoms with van der Waals surface area (Å²) in [6.07, 6.45) is 5.43. The SMILES string of the molecule is Cc1noc(C)c1C(=O)N1CCC(c2nc(-c3ccncc3)cs2)CC1. The van der Waals surface area contributed by atoms with Crippen LogP contribution in [-0.2, 0) is 0 Å². The first-order chi connectivity index (χ1) is 12.6. The van der Waals surface area contributed by atoms with Crippen molar-refractivity contribution in [2.75, 3.05) is 13.1 Å². The molecule has 3 aromatic rings. The van der Waals surface area contributed by atoms with Gasteiger partial charge in [0, 0.05) is 42.3 Å². The van der Waals surface area contributed by atoms with Gasteiger partial charge >= 0.3 is 0 Å². The number of likely N-dealkylation sites (tertiary alicyclic amines) is 1. The number of hydrogen-bond donors (Lipinski definition) is 0. The Hall–Kier alpha value is -2.54. The summed E-state index contributed by atoms with van der Waals surface area (Å²) < 4.78 is 5.13. The first-order valence-corrected chi connectivity index (χ1v) is 9.59. The number of amides is 1. The zero-order valence-corrected chi connectivity index (χ0v) is 15.6. The van der Waals surface area contributed by atoms with Crippen molar-refractivity contribution in [2.45, 2.75) is 32.6 Å². The molecule has 134 valence electrons. The predicted octanol–water partition coefficient (Wildman–Crippen LogP) is 3.83. The van der Waals surface area contributed by atoms with Crippen molar-refractivity contribution >= 4 is 17.2 Å². The monoisotopic (exact) mass is 368 g/mol. The van der Waals surface area contributed by atoms with Crippen molar-refractivity contribution < 1.29 is 9.32 Å². The molecular formula is C19H20N4O2S. The van der Waals surface area contributed by atoms with Crippen LogP contribution in [-0.4, -0.2) is 39.0 Å². The number of aryl methyl sites for hydroxylation is 2. The van der Waals surface area contributed by atoms with Gasteiger partial charge in [0.15, 0.2) is 0 Å². The normalized spacial score (nSPS) is 15.4. The molecule has 0 unspecified atom stereocenters. The van der Waals surface area contributed by atoms with Crippen molar-refractivity contribution in [3.63, 3.8) is 0 Å². The van der Waals surface area contributed by atoms with Crippen LogP contribution in [0, 0.1) is 13.8 Å². The van der Waals surface area contributed by atoms with Gasteiger partial charge in [0.05, 0.1) is 16.4 Å². The largest absolute Gasteiger partial charge is 0.361 e. The Morgan fingerprint density at radius 1 is 1.23 bits per heavy atom. The summed E-state index contributed by atoms with van der Waals surface area (Å²) in [7, 11) is 0. The zero-order valence-electron chi connectivity index (χ0n) is 14.8. The molecule has 7 heteroatoms. The molecule has 1 aliphatic heterocycles. The van der Waals surface area contributed by atoms with Crippen LogP contribution in [0.2, 0.25) is 0 Å². The molecule has 0 bridgehead atoms. The van der Waals surface area contributed by atoms with Gasteiger partial charge in [-0.3, -0.25) is 9.78 Å². The Kier molecular flexibility index (Phi) is 4.55. The molecule has 4 rings (SSSR count). The fraction of sp³-hybridized carbons (Fsp3) is 0.368. The average Bonchev–Trinajstić information content (AvgIpc) is 3.29. The third-order valence-electron chi connectivity index (χ3n) is 4.88. The average molecular weight is 368 g/mol. The summed E-state index contributed by atoms with van der Waals surface area (Å²) in [6.45, 7) is 5.07. The van der Waals surface area contributed by atoms with Gasteiger partial charge in [-0.25, -0.2) is 4.98 Å². The molecule has 26 heavy (non-hydrogen) atoms. The first kappa shape index (κ1) is 16.9. The lowest BCUT2D eigenvalue weighted by Gasteiger charge is -2.31. The van der Waals surface area contributed by atoms with E-state index in [9.17, 15) is 4.79 Å². The van der Waals surface area contributed by atoms with Crippen molar-refractivity contribution in [3.05, 3.63) is 51.9 Å². The lowest BCUT2D eigenvalue weighted by molar-refractivity contribution is 0.0710. The highest BCUT2D eigenvalue weighted by molar-refractivity contribution is 7.10. The first-order valence-electron chi connectivity index (χ1n) is 8.71. The summed E-state index contributed by atoms with van der Waals surface area (Å²) in [5.41, 5.74) is 3.37. The molecule has 0 N–H and O–H groups in total. The molecule has 0 saturated carbocycles. The third kappa shape index (κ3) is 3.14. The molecule has 0 aliphatic carbocycles. The minimum atomic E-state index is 0.0244. The van der Waals surface area contributed by atoms with Crippen LogP contribution in [0.3, 0.4) is 0 Å². The van der Waals surface area contributed by atoms with Gasteiger partial charge in [0.2, 0.25) is 0 Å². The van der Waals surface area contributed by atoms with Gasteiger partial charge in [-0.15, -0.1) is 11.3 Å². The highest BCUT2D eigenvalue weighted by atomic mass is 32.1. The number of aromatic nitrogens is 3. The van der Waals surface area contributed by atoms with Gasteiger partial charge in [0.1, 0.15) is 11.3 Å². The summed E-state index contributed by atoms with van der Waals surface area (Å²) in [4.78, 5) is 23.5. The van der Waals surface area contributed by atoms with E-state index in [1.807, 2.05) is 24.0 Å². The minimum Gasteiger partial charge on any atom is -0.361 e. The quantitative estimate of drug-likeness (QED) is 0.702. The molecule has 0 atom stereocenters. The number of carbonyl (C=O) groups is 1. The van der Waals surface area contributed by atoms with Gasteiger partial charge in [0.25, 0.3) is 5.91 Å². The molecule has 4 heterocycles. The van der Waals surface area contributed by atoms with E-state index in [0.717, 1.165) is 42.2 Å². The van der Waals surface area contributed by atoms with Gasteiger partial charge < -0.3 is 9.42 Å². The van der Waals surface area contributed by atoms with Crippen molar-refractivity contribution in [1.29, 1.82) is 0 Å². The lowest BCUT2D eigenvalue weighted by atomic mass is 9.96. The van der Waals surface area contributed by atoms with Gasteiger partial charge in [-0.2, -0.15) is 0 Å². The van der Waals surface area contributed by atoms with E-state index < -0.39 is 0 Å². The van der Waals surface area contributed by atoms with Gasteiger partial charge in [-0.1, -0.05) is 5.16 Å². The molecule has 3 aromatic heterocycles. The standard InChI is InChI=1S/C19H20N4O2S/c1-12-17(13(2)25-22-12)19(24)23-9-5-15(6-10-23)18-21-16(11-26-18)14-3-7-20-8-4-14/h3-4,7-8,11,15H,5-6,9-10H2,1-2H3. The second kappa shape index (κ2) is 6.99. The maximum Gasteiger partial charge on any atom is 0.259 e. The fourth-order valence-corrected chi connectivity index (χ4v) is 4.41. The molecule has 0 aromatic carbocycles. The van der Waals surface area contributed by atoms with Crippen molar-refractivity contribution in [1.82, 2.24) is 20.0 Å². The van der Waals surface area contributed by atoms with Crippen LogP contribution in [0.5, 0.6) is 0 Å². The Bertz CT molecular complexity index is 891. The van der Waals surface area contributed by atoms with E-state index in [2.05, 4.69) is 15.5 Å². The number of nitrogens with zero attached hydrogens (tertiary/aromatic N) is 4. The number of carbonyl (C=O) groups excluding carboxylic acids is 1. The summed E-state index contributed by atoms with van der Waals surface area (Å²) in [5, 5.41) is 7.15. The summed E-state index contributed by atoms with van der Waals surface area (Å²) >= 11 is 1.70. The lowest BCUT2D eigenvalue weighted by Crippen LogP contribution is -2.38. The third-order valence-corrected chi connectivity index (χ3v) is 5.88. The molecule has 1 amide bonds. The van der Waals surface area contributed by atoms with Crippen LogP contribution in [0.25, 0.3) is 11.3 Å². The van der Waals surface area contributed by atoms with Crippen LogP contribution in [0.15, 0.2) is 34.4 Å². The Balaban J connectivity index is 1.43. The molecule has 1 aliphatic rings. The van der Waals surface area contributed by atoms with Crippen LogP contribution < -0.4 is 0 Å². The molecular weight excluding hydrogens is 348 g/mol. The predicted molar refractivity (Wildman–Crippen MR) is 99.2 cm³/mol.